The fraction of sp³-hybridized carbons (Fsp3) is 0.552. The Morgan fingerprint density at radius 3 is 2.68 bits per heavy atom. The molecule has 38 heavy (non-hydrogen) atoms. The number of pyridine rings is 1. The van der Waals surface area contributed by atoms with Crippen LogP contribution in [-0.4, -0.2) is 78.0 Å². The van der Waals surface area contributed by atoms with Gasteiger partial charge in [0.2, 0.25) is 11.8 Å². The maximum atomic E-state index is 14.3. The van der Waals surface area contributed by atoms with E-state index in [0.717, 1.165) is 37.0 Å². The van der Waals surface area contributed by atoms with Gasteiger partial charge in [0.15, 0.2) is 0 Å². The number of hydrogen-bond donors (Lipinski definition) is 1. The van der Waals surface area contributed by atoms with Gasteiger partial charge in [0.25, 0.3) is 0 Å². The Hall–Kier alpha value is -2.91. The summed E-state index contributed by atoms with van der Waals surface area (Å²) in [6.07, 6.45) is 2.59. The fourth-order valence-corrected chi connectivity index (χ4v) is 6.04. The molecule has 2 fully saturated rings. The van der Waals surface area contributed by atoms with Crippen molar-refractivity contribution in [2.24, 2.45) is 5.92 Å². The SMILES string of the molecule is CC1CC(=O)N(C[C@H]2CN[C@H](C)CN2CC(=O)N2CC(C)(C)c3cnc(Cc4ccc(F)cc4F)cc32)C1. The van der Waals surface area contributed by atoms with Crippen molar-refractivity contribution >= 4 is 17.5 Å². The van der Waals surface area contributed by atoms with Gasteiger partial charge in [-0.05, 0) is 30.5 Å². The molecule has 1 aromatic carbocycles. The van der Waals surface area contributed by atoms with Crippen LogP contribution in [0.1, 0.15) is 50.9 Å². The van der Waals surface area contributed by atoms with Crippen molar-refractivity contribution < 1.29 is 18.4 Å². The van der Waals surface area contributed by atoms with Crippen molar-refractivity contribution in [3.8, 4) is 0 Å². The zero-order valence-corrected chi connectivity index (χ0v) is 22.6. The van der Waals surface area contributed by atoms with E-state index < -0.39 is 11.6 Å². The van der Waals surface area contributed by atoms with E-state index in [4.69, 9.17) is 0 Å². The van der Waals surface area contributed by atoms with Crippen LogP contribution in [0.2, 0.25) is 0 Å². The Bertz CT molecular complexity index is 1240. The molecule has 1 unspecified atom stereocenters. The third kappa shape index (κ3) is 5.45. The molecule has 0 saturated carbocycles. The molecule has 7 nitrogen and oxygen atoms in total. The molecule has 4 heterocycles. The third-order valence-electron chi connectivity index (χ3n) is 8.10. The number of piperazine rings is 1. The van der Waals surface area contributed by atoms with E-state index in [1.807, 2.05) is 15.9 Å². The monoisotopic (exact) mass is 525 g/mol. The molecule has 204 valence electrons. The van der Waals surface area contributed by atoms with Gasteiger partial charge in [-0.3, -0.25) is 19.5 Å². The van der Waals surface area contributed by atoms with Crippen LogP contribution in [0.4, 0.5) is 14.5 Å². The number of nitrogens with one attached hydrogen (secondary N) is 1. The van der Waals surface area contributed by atoms with Gasteiger partial charge in [0, 0.05) is 86.6 Å². The topological polar surface area (TPSA) is 68.8 Å². The molecule has 0 spiro atoms. The van der Waals surface area contributed by atoms with Crippen molar-refractivity contribution in [3.05, 3.63) is 58.9 Å². The maximum absolute atomic E-state index is 14.3. The normalized spacial score (nSPS) is 25.2. The van der Waals surface area contributed by atoms with Crippen molar-refractivity contribution in [2.75, 3.05) is 44.2 Å². The number of carbonyl (C=O) groups excluding carboxylic acids is 2. The summed E-state index contributed by atoms with van der Waals surface area (Å²) in [5, 5.41) is 3.51. The molecular weight excluding hydrogens is 488 g/mol. The lowest BCUT2D eigenvalue weighted by Crippen LogP contribution is -2.61. The minimum absolute atomic E-state index is 0.00199. The molecule has 3 aliphatic rings. The lowest BCUT2D eigenvalue weighted by atomic mass is 9.88. The Balaban J connectivity index is 1.34. The summed E-state index contributed by atoms with van der Waals surface area (Å²) in [6.45, 7) is 12.0. The van der Waals surface area contributed by atoms with Crippen LogP contribution in [0.3, 0.4) is 0 Å². The van der Waals surface area contributed by atoms with E-state index in [1.54, 1.807) is 6.20 Å². The molecule has 3 aliphatic heterocycles. The number of aromatic nitrogens is 1. The molecule has 0 aliphatic carbocycles. The maximum Gasteiger partial charge on any atom is 0.241 e. The van der Waals surface area contributed by atoms with E-state index in [2.05, 4.69) is 42.9 Å². The van der Waals surface area contributed by atoms with E-state index in [0.29, 0.717) is 36.7 Å². The first kappa shape index (κ1) is 26.7. The second kappa shape index (κ2) is 10.3. The lowest BCUT2D eigenvalue weighted by molar-refractivity contribution is -0.128. The Kier molecular flexibility index (Phi) is 7.26. The highest BCUT2D eigenvalue weighted by atomic mass is 19.1. The zero-order valence-electron chi connectivity index (χ0n) is 22.6. The second-order valence-electron chi connectivity index (χ2n) is 12.0. The van der Waals surface area contributed by atoms with Crippen molar-refractivity contribution in [1.29, 1.82) is 0 Å². The number of benzene rings is 1. The highest BCUT2D eigenvalue weighted by Gasteiger charge is 2.40. The van der Waals surface area contributed by atoms with Crippen molar-refractivity contribution in [3.63, 3.8) is 0 Å². The summed E-state index contributed by atoms with van der Waals surface area (Å²) < 4.78 is 27.6. The van der Waals surface area contributed by atoms with Gasteiger partial charge in [-0.25, -0.2) is 8.78 Å². The fourth-order valence-electron chi connectivity index (χ4n) is 6.04. The summed E-state index contributed by atoms with van der Waals surface area (Å²) in [7, 11) is 0. The van der Waals surface area contributed by atoms with Crippen LogP contribution in [-0.2, 0) is 21.4 Å². The average Bonchev–Trinajstić information content (AvgIpc) is 3.31. The predicted molar refractivity (Wildman–Crippen MR) is 142 cm³/mol. The number of halogens is 2. The number of likely N-dealkylation sites (tertiary alicyclic amines) is 1. The van der Waals surface area contributed by atoms with E-state index in [9.17, 15) is 18.4 Å². The molecule has 2 amide bonds. The first-order valence-corrected chi connectivity index (χ1v) is 13.5. The quantitative estimate of drug-likeness (QED) is 0.628. The molecule has 2 aromatic rings. The van der Waals surface area contributed by atoms with Gasteiger partial charge in [-0.15, -0.1) is 0 Å². The first-order chi connectivity index (χ1) is 18.0. The van der Waals surface area contributed by atoms with Gasteiger partial charge in [-0.2, -0.15) is 0 Å². The molecular formula is C29H37F2N5O2. The van der Waals surface area contributed by atoms with Gasteiger partial charge in [-0.1, -0.05) is 26.8 Å². The largest absolute Gasteiger partial charge is 0.341 e. The zero-order chi connectivity index (χ0) is 27.2. The number of anilines is 1. The summed E-state index contributed by atoms with van der Waals surface area (Å²) in [5.74, 6) is -0.666. The molecule has 9 heteroatoms. The van der Waals surface area contributed by atoms with Crippen molar-refractivity contribution in [1.82, 2.24) is 20.1 Å². The van der Waals surface area contributed by atoms with Gasteiger partial charge < -0.3 is 15.1 Å². The third-order valence-corrected chi connectivity index (χ3v) is 8.10. The van der Waals surface area contributed by atoms with Crippen LogP contribution < -0.4 is 10.2 Å². The highest BCUT2D eigenvalue weighted by molar-refractivity contribution is 5.97. The molecule has 0 bridgehead atoms. The smallest absolute Gasteiger partial charge is 0.241 e. The van der Waals surface area contributed by atoms with Crippen LogP contribution >= 0.6 is 0 Å². The van der Waals surface area contributed by atoms with Crippen LogP contribution in [0.25, 0.3) is 0 Å². The lowest BCUT2D eigenvalue weighted by Gasteiger charge is -2.41. The predicted octanol–water partition coefficient (Wildman–Crippen LogP) is 3.11. The molecule has 3 atom stereocenters. The van der Waals surface area contributed by atoms with Crippen LogP contribution in [0, 0.1) is 17.6 Å². The molecule has 1 aromatic heterocycles. The molecule has 1 N–H and O–H groups in total. The van der Waals surface area contributed by atoms with Gasteiger partial charge in [0.05, 0.1) is 12.2 Å². The Labute approximate surface area is 223 Å². The van der Waals surface area contributed by atoms with Gasteiger partial charge >= 0.3 is 0 Å². The van der Waals surface area contributed by atoms with E-state index >= 15 is 0 Å². The van der Waals surface area contributed by atoms with Gasteiger partial charge in [0.1, 0.15) is 11.6 Å². The number of hydrogen-bond acceptors (Lipinski definition) is 5. The number of nitrogens with zero attached hydrogens (tertiary/aromatic N) is 4. The van der Waals surface area contributed by atoms with Crippen LogP contribution in [0.5, 0.6) is 0 Å². The summed E-state index contributed by atoms with van der Waals surface area (Å²) in [5.41, 5.74) is 2.50. The van der Waals surface area contributed by atoms with Crippen LogP contribution in [0.15, 0.2) is 30.5 Å². The summed E-state index contributed by atoms with van der Waals surface area (Å²) >= 11 is 0. The Morgan fingerprint density at radius 2 is 1.97 bits per heavy atom. The molecule has 0 radical (unpaired) electrons. The standard InChI is InChI=1S/C29H37F2N5O2/c1-18-7-27(37)35(13-18)15-23-11-32-19(2)14-34(23)16-28(38)36-17-29(3,4)24-12-33-22(10-26(24)36)8-20-5-6-21(30)9-25(20)31/h5-6,9-10,12,18-19,23,32H,7-8,11,13-17H2,1-4H3/t18?,19-,23-/m1/s1. The van der Waals surface area contributed by atoms with E-state index in [-0.39, 0.29) is 42.3 Å². The summed E-state index contributed by atoms with van der Waals surface area (Å²) in [4.78, 5) is 36.8. The minimum Gasteiger partial charge on any atom is -0.341 e. The number of amides is 2. The van der Waals surface area contributed by atoms with E-state index in [1.165, 1.54) is 12.1 Å². The average molecular weight is 526 g/mol. The number of carbonyl (C=O) groups is 2. The molecule has 5 rings (SSSR count). The molecule has 2 saturated heterocycles. The van der Waals surface area contributed by atoms with Crippen molar-refractivity contribution in [2.45, 2.75) is 58.0 Å². The minimum atomic E-state index is -0.615. The highest BCUT2D eigenvalue weighted by Crippen LogP contribution is 2.40. The first-order valence-electron chi connectivity index (χ1n) is 13.5. The summed E-state index contributed by atoms with van der Waals surface area (Å²) in [6, 6.07) is 5.73. The number of fused-ring (bicyclic) bond motifs is 1. The Morgan fingerprint density at radius 1 is 1.18 bits per heavy atom. The second-order valence-corrected chi connectivity index (χ2v) is 12.0. The number of rotatable bonds is 6.